The van der Waals surface area contributed by atoms with Gasteiger partial charge >= 0.3 is 0 Å². The first-order chi connectivity index (χ1) is 14.3. The lowest BCUT2D eigenvalue weighted by atomic mass is 10.1. The molecule has 0 aliphatic heterocycles. The minimum atomic E-state index is -0.182. The lowest BCUT2D eigenvalue weighted by Gasteiger charge is -2.14. The van der Waals surface area contributed by atoms with Crippen LogP contribution in [-0.4, -0.2) is 33.3 Å². The molecule has 2 N–H and O–H groups in total. The highest BCUT2D eigenvalue weighted by molar-refractivity contribution is 7.99. The van der Waals surface area contributed by atoms with Crippen LogP contribution < -0.4 is 15.6 Å². The van der Waals surface area contributed by atoms with E-state index in [0.29, 0.717) is 40.1 Å². The van der Waals surface area contributed by atoms with E-state index in [1.807, 2.05) is 38.1 Å². The van der Waals surface area contributed by atoms with Gasteiger partial charge in [-0.05, 0) is 49.9 Å². The summed E-state index contributed by atoms with van der Waals surface area (Å²) in [6.45, 7) is 8.65. The van der Waals surface area contributed by atoms with Crippen LogP contribution in [0.4, 0.5) is 5.69 Å². The highest BCUT2D eigenvalue weighted by Gasteiger charge is 2.16. The van der Waals surface area contributed by atoms with Crippen LogP contribution >= 0.6 is 11.8 Å². The van der Waals surface area contributed by atoms with Gasteiger partial charge < -0.3 is 15.0 Å². The number of ether oxygens (including phenoxy) is 1. The van der Waals surface area contributed by atoms with Crippen molar-refractivity contribution in [3.63, 3.8) is 0 Å². The number of thioether (sulfide) groups is 1. The summed E-state index contributed by atoms with van der Waals surface area (Å²) in [7, 11) is 1.57. The van der Waals surface area contributed by atoms with Crippen molar-refractivity contribution in [3.05, 3.63) is 45.9 Å². The molecule has 1 amide bonds. The third-order valence-corrected chi connectivity index (χ3v) is 5.71. The van der Waals surface area contributed by atoms with Gasteiger partial charge in [0.2, 0.25) is 5.91 Å². The van der Waals surface area contributed by atoms with Gasteiger partial charge in [-0.3, -0.25) is 14.2 Å². The third-order valence-electron chi connectivity index (χ3n) is 4.73. The average Bonchev–Trinajstić information content (AvgIpc) is 3.06. The van der Waals surface area contributed by atoms with Crippen LogP contribution in [0.25, 0.3) is 11.0 Å². The Balaban J connectivity index is 1.82. The number of nitrogens with zero attached hydrogens (tertiary/aromatic N) is 2. The number of hydrogen-bond acceptors (Lipinski definition) is 5. The lowest BCUT2D eigenvalue weighted by Crippen LogP contribution is -2.25. The summed E-state index contributed by atoms with van der Waals surface area (Å²) < 4.78 is 6.99. The highest BCUT2D eigenvalue weighted by Crippen LogP contribution is 2.26. The maximum Gasteiger partial charge on any atom is 0.278 e. The minimum absolute atomic E-state index is 0.1000. The number of fused-ring (bicyclic) bond motifs is 1. The molecule has 2 heterocycles. The summed E-state index contributed by atoms with van der Waals surface area (Å²) >= 11 is 1.27. The number of methoxy groups -OCH3 is 1. The molecule has 30 heavy (non-hydrogen) atoms. The number of benzene rings is 1. The Morgan fingerprint density at radius 2 is 2.07 bits per heavy atom. The summed E-state index contributed by atoms with van der Waals surface area (Å²) in [6.07, 6.45) is 0.854. The van der Waals surface area contributed by atoms with Crippen LogP contribution in [0.5, 0.6) is 5.75 Å². The number of H-pyrrole nitrogens is 1. The number of hydrogen-bond donors (Lipinski definition) is 2. The molecule has 160 valence electrons. The topological polar surface area (TPSA) is 89.0 Å². The van der Waals surface area contributed by atoms with E-state index < -0.39 is 0 Å². The van der Waals surface area contributed by atoms with Gasteiger partial charge in [0.25, 0.3) is 5.56 Å². The third kappa shape index (κ3) is 5.05. The maximum atomic E-state index is 13.0. The zero-order chi connectivity index (χ0) is 21.8. The molecular formula is C22H28N4O3S. The van der Waals surface area contributed by atoms with E-state index in [9.17, 15) is 9.59 Å². The van der Waals surface area contributed by atoms with E-state index in [1.165, 1.54) is 11.8 Å². The summed E-state index contributed by atoms with van der Waals surface area (Å²) in [5, 5.41) is 3.45. The molecule has 7 nitrogen and oxygen atoms in total. The molecule has 0 aliphatic rings. The zero-order valence-corrected chi connectivity index (χ0v) is 18.9. The Kier molecular flexibility index (Phi) is 6.87. The second-order valence-electron chi connectivity index (χ2n) is 7.79. The lowest BCUT2D eigenvalue weighted by molar-refractivity contribution is -0.113. The van der Waals surface area contributed by atoms with E-state index in [4.69, 9.17) is 4.74 Å². The van der Waals surface area contributed by atoms with E-state index in [0.717, 1.165) is 17.7 Å². The standard InChI is InChI=1S/C22H28N4O3S/c1-13(2)8-9-26-21(28)20-17(11-15(4)23-20)25-22(26)30-12-19(27)24-16-10-14(3)6-7-18(16)29-5/h6-7,10-11,13,23H,8-9,12H2,1-5H3,(H,24,27). The van der Waals surface area contributed by atoms with Gasteiger partial charge in [-0.2, -0.15) is 0 Å². The maximum absolute atomic E-state index is 13.0. The number of rotatable bonds is 8. The second kappa shape index (κ2) is 9.38. The fraction of sp³-hybridized carbons (Fsp3) is 0.409. The van der Waals surface area contributed by atoms with Crippen LogP contribution in [-0.2, 0) is 11.3 Å². The van der Waals surface area contributed by atoms with Crippen LogP contribution in [0, 0.1) is 19.8 Å². The molecule has 3 aromatic rings. The quantitative estimate of drug-likeness (QED) is 0.416. The number of carbonyl (C=O) groups is 1. The Labute approximate surface area is 180 Å². The largest absolute Gasteiger partial charge is 0.495 e. The van der Waals surface area contributed by atoms with Gasteiger partial charge in [0.15, 0.2) is 5.16 Å². The fourth-order valence-electron chi connectivity index (χ4n) is 3.14. The first-order valence-electron chi connectivity index (χ1n) is 9.96. The van der Waals surface area contributed by atoms with Gasteiger partial charge in [-0.1, -0.05) is 31.7 Å². The van der Waals surface area contributed by atoms with Crippen molar-refractivity contribution in [1.29, 1.82) is 0 Å². The Bertz CT molecular complexity index is 1120. The predicted molar refractivity (Wildman–Crippen MR) is 122 cm³/mol. The van der Waals surface area contributed by atoms with Crippen molar-refractivity contribution in [2.75, 3.05) is 18.2 Å². The molecule has 0 saturated carbocycles. The number of amides is 1. The van der Waals surface area contributed by atoms with Crippen molar-refractivity contribution in [1.82, 2.24) is 14.5 Å². The van der Waals surface area contributed by atoms with Crippen molar-refractivity contribution >= 4 is 34.4 Å². The SMILES string of the molecule is COc1ccc(C)cc1NC(=O)CSc1nc2cc(C)[nH]c2c(=O)n1CCC(C)C. The first kappa shape index (κ1) is 22.0. The monoisotopic (exact) mass is 428 g/mol. The number of aryl methyl sites for hydroxylation is 2. The van der Waals surface area contributed by atoms with Gasteiger partial charge in [0, 0.05) is 12.2 Å². The summed E-state index contributed by atoms with van der Waals surface area (Å²) in [5.41, 5.74) is 3.57. The van der Waals surface area contributed by atoms with E-state index in [-0.39, 0.29) is 17.2 Å². The number of aromatic amines is 1. The Morgan fingerprint density at radius 3 is 2.77 bits per heavy atom. The zero-order valence-electron chi connectivity index (χ0n) is 18.0. The average molecular weight is 429 g/mol. The predicted octanol–water partition coefficient (Wildman–Crippen LogP) is 4.13. The second-order valence-corrected chi connectivity index (χ2v) is 8.73. The van der Waals surface area contributed by atoms with Crippen molar-refractivity contribution in [2.24, 2.45) is 5.92 Å². The molecule has 0 fully saturated rings. The molecule has 0 unspecified atom stereocenters. The molecule has 0 bridgehead atoms. The fourth-order valence-corrected chi connectivity index (χ4v) is 3.97. The van der Waals surface area contributed by atoms with Crippen LogP contribution in [0.2, 0.25) is 0 Å². The normalized spacial score (nSPS) is 11.3. The van der Waals surface area contributed by atoms with Crippen LogP contribution in [0.1, 0.15) is 31.5 Å². The van der Waals surface area contributed by atoms with E-state index >= 15 is 0 Å². The van der Waals surface area contributed by atoms with Gasteiger partial charge in [-0.15, -0.1) is 0 Å². The van der Waals surface area contributed by atoms with Gasteiger partial charge in [0.05, 0.1) is 24.1 Å². The van der Waals surface area contributed by atoms with Gasteiger partial charge in [-0.25, -0.2) is 4.98 Å². The van der Waals surface area contributed by atoms with Crippen molar-refractivity contribution in [3.8, 4) is 5.75 Å². The summed E-state index contributed by atoms with van der Waals surface area (Å²) in [6, 6.07) is 7.47. The first-order valence-corrected chi connectivity index (χ1v) is 10.9. The molecule has 0 spiro atoms. The molecule has 0 radical (unpaired) electrons. The minimum Gasteiger partial charge on any atom is -0.495 e. The summed E-state index contributed by atoms with van der Waals surface area (Å²) in [4.78, 5) is 33.3. The molecule has 2 aromatic heterocycles. The van der Waals surface area contributed by atoms with Crippen molar-refractivity contribution < 1.29 is 9.53 Å². The highest BCUT2D eigenvalue weighted by atomic mass is 32.2. The molecule has 0 aliphatic carbocycles. The summed E-state index contributed by atoms with van der Waals surface area (Å²) in [5.74, 6) is 1.02. The number of carbonyl (C=O) groups excluding carboxylic acids is 1. The van der Waals surface area contributed by atoms with E-state index in [2.05, 4.69) is 29.1 Å². The molecule has 0 atom stereocenters. The Morgan fingerprint density at radius 1 is 1.30 bits per heavy atom. The Hall–Kier alpha value is -2.74. The smallest absolute Gasteiger partial charge is 0.278 e. The molecule has 1 aromatic carbocycles. The molecule has 0 saturated heterocycles. The van der Waals surface area contributed by atoms with E-state index in [1.54, 1.807) is 11.7 Å². The van der Waals surface area contributed by atoms with Crippen LogP contribution in [0.15, 0.2) is 34.2 Å². The number of aromatic nitrogens is 3. The molecule has 8 heteroatoms. The number of nitrogens with one attached hydrogen (secondary N) is 2. The molecular weight excluding hydrogens is 400 g/mol. The van der Waals surface area contributed by atoms with Crippen LogP contribution in [0.3, 0.4) is 0 Å². The number of anilines is 1. The van der Waals surface area contributed by atoms with Gasteiger partial charge in [0.1, 0.15) is 11.3 Å². The van der Waals surface area contributed by atoms with Crippen molar-refractivity contribution in [2.45, 2.75) is 45.8 Å². The molecule has 3 rings (SSSR count).